The molecule has 156 valence electrons. The minimum absolute atomic E-state index is 0.0164. The number of nitrogens with one attached hydrogen (secondary N) is 2. The summed E-state index contributed by atoms with van der Waals surface area (Å²) in [6, 6.07) is 0.528. The van der Waals surface area contributed by atoms with Crippen LogP contribution in [0, 0.1) is 11.3 Å². The Bertz CT molecular complexity index is 773. The fourth-order valence-corrected chi connectivity index (χ4v) is 3.46. The highest BCUT2D eigenvalue weighted by molar-refractivity contribution is 6.33. The minimum Gasteiger partial charge on any atom is -0.308 e. The van der Waals surface area contributed by atoms with E-state index in [1.54, 1.807) is 18.6 Å². The van der Waals surface area contributed by atoms with Crippen LogP contribution in [-0.4, -0.2) is 36.1 Å². The van der Waals surface area contributed by atoms with E-state index in [9.17, 15) is 0 Å². The van der Waals surface area contributed by atoms with Gasteiger partial charge < -0.3 is 5.41 Å². The molecular weight excluding hydrogens is 358 g/mol. The number of nitrogens with zero attached hydrogens (tertiary/aromatic N) is 3. The van der Waals surface area contributed by atoms with E-state index in [0.29, 0.717) is 17.5 Å². The van der Waals surface area contributed by atoms with Crippen LogP contribution in [0.25, 0.3) is 0 Å². The molecular formula is C24H35N5. The Kier molecular flexibility index (Phi) is 9.13. The molecule has 1 fully saturated rings. The van der Waals surface area contributed by atoms with Crippen molar-refractivity contribution in [3.05, 3.63) is 47.9 Å². The first-order valence-corrected chi connectivity index (χ1v) is 10.7. The van der Waals surface area contributed by atoms with E-state index in [2.05, 4.69) is 35.7 Å². The molecule has 2 atom stereocenters. The summed E-state index contributed by atoms with van der Waals surface area (Å²) in [6.07, 6.45) is 16.3. The van der Waals surface area contributed by atoms with Crippen molar-refractivity contribution < 1.29 is 0 Å². The molecule has 1 saturated carbocycles. The van der Waals surface area contributed by atoms with Crippen LogP contribution >= 0.6 is 0 Å². The van der Waals surface area contributed by atoms with Gasteiger partial charge in [-0.05, 0) is 38.7 Å². The minimum atomic E-state index is 0.0164. The van der Waals surface area contributed by atoms with Gasteiger partial charge in [-0.1, -0.05) is 45.8 Å². The van der Waals surface area contributed by atoms with E-state index in [0.717, 1.165) is 29.0 Å². The van der Waals surface area contributed by atoms with Gasteiger partial charge in [0.15, 0.2) is 0 Å². The van der Waals surface area contributed by atoms with Crippen molar-refractivity contribution in [3.63, 3.8) is 0 Å². The fourth-order valence-electron chi connectivity index (χ4n) is 3.46. The summed E-state index contributed by atoms with van der Waals surface area (Å²) in [4.78, 5) is 13.9. The van der Waals surface area contributed by atoms with Crippen LogP contribution in [0.15, 0.2) is 62.8 Å². The van der Waals surface area contributed by atoms with E-state index >= 15 is 0 Å². The number of allylic oxidation sites excluding steroid dienone is 5. The molecule has 1 aliphatic carbocycles. The van der Waals surface area contributed by atoms with Crippen molar-refractivity contribution in [2.24, 2.45) is 20.9 Å². The second-order valence-corrected chi connectivity index (χ2v) is 7.74. The summed E-state index contributed by atoms with van der Waals surface area (Å²) in [7, 11) is 0. The molecule has 29 heavy (non-hydrogen) atoms. The van der Waals surface area contributed by atoms with Crippen LogP contribution in [0.4, 0.5) is 0 Å². The zero-order valence-corrected chi connectivity index (χ0v) is 18.3. The normalized spacial score (nSPS) is 22.4. The van der Waals surface area contributed by atoms with Crippen molar-refractivity contribution in [2.75, 3.05) is 0 Å². The van der Waals surface area contributed by atoms with Crippen molar-refractivity contribution in [2.45, 2.75) is 72.0 Å². The molecule has 1 aliphatic heterocycles. The highest BCUT2D eigenvalue weighted by Crippen LogP contribution is 2.25. The number of hydrogen-bond acceptors (Lipinski definition) is 5. The van der Waals surface area contributed by atoms with Gasteiger partial charge in [0.1, 0.15) is 6.17 Å². The summed E-state index contributed by atoms with van der Waals surface area (Å²) in [5.41, 5.74) is 3.96. The van der Waals surface area contributed by atoms with Gasteiger partial charge in [-0.25, -0.2) is 0 Å². The van der Waals surface area contributed by atoms with Crippen LogP contribution in [0.5, 0.6) is 0 Å². The molecule has 0 amide bonds. The van der Waals surface area contributed by atoms with Gasteiger partial charge >= 0.3 is 0 Å². The standard InChI is InChI=1S/C24H35N5/c1-6-8-13-26-15-20(14-25)22-16-27-19(5)18(4)23(22)29-24(17(3)7-2)28-21-11-9-10-12-21/h6,8,13-17,21,24-25,28H,4,7,9-12H2,1-3,5H3/b8-6-,20-15+,25-14?,26-13+,29-23?. The molecule has 5 nitrogen and oxygen atoms in total. The van der Waals surface area contributed by atoms with E-state index in [-0.39, 0.29) is 6.17 Å². The maximum absolute atomic E-state index is 7.89. The molecule has 2 N–H and O–H groups in total. The first kappa shape index (κ1) is 22.9. The molecule has 5 heteroatoms. The van der Waals surface area contributed by atoms with Gasteiger partial charge in [-0.3, -0.25) is 20.3 Å². The van der Waals surface area contributed by atoms with E-state index in [1.165, 1.54) is 31.9 Å². The topological polar surface area (TPSA) is 73.0 Å². The molecule has 0 aromatic heterocycles. The molecule has 1 heterocycles. The van der Waals surface area contributed by atoms with Gasteiger partial charge in [0.25, 0.3) is 0 Å². The fraction of sp³-hybridized carbons (Fsp3) is 0.500. The third-order valence-electron chi connectivity index (χ3n) is 5.62. The molecule has 2 rings (SSSR count). The van der Waals surface area contributed by atoms with E-state index < -0.39 is 0 Å². The lowest BCUT2D eigenvalue weighted by Crippen LogP contribution is -2.40. The summed E-state index contributed by atoms with van der Waals surface area (Å²) in [6.45, 7) is 12.6. The predicted molar refractivity (Wildman–Crippen MR) is 127 cm³/mol. The smallest absolute Gasteiger partial charge is 0.103 e. The number of rotatable bonds is 9. The van der Waals surface area contributed by atoms with Crippen LogP contribution < -0.4 is 5.32 Å². The second-order valence-electron chi connectivity index (χ2n) is 7.74. The Balaban J connectivity index is 2.42. The van der Waals surface area contributed by atoms with Crippen LogP contribution in [0.2, 0.25) is 0 Å². The second kappa shape index (κ2) is 11.6. The first-order valence-electron chi connectivity index (χ1n) is 10.7. The largest absolute Gasteiger partial charge is 0.308 e. The van der Waals surface area contributed by atoms with Crippen LogP contribution in [0.3, 0.4) is 0 Å². The maximum Gasteiger partial charge on any atom is 0.103 e. The molecule has 0 bridgehead atoms. The predicted octanol–water partition coefficient (Wildman–Crippen LogP) is 5.43. The molecule has 2 aliphatic rings. The summed E-state index contributed by atoms with van der Waals surface area (Å²) < 4.78 is 0. The molecule has 0 saturated heterocycles. The quantitative estimate of drug-likeness (QED) is 0.504. The Morgan fingerprint density at radius 1 is 1.41 bits per heavy atom. The third-order valence-corrected chi connectivity index (χ3v) is 5.62. The van der Waals surface area contributed by atoms with Crippen molar-refractivity contribution in [3.8, 4) is 0 Å². The third kappa shape index (κ3) is 6.29. The highest BCUT2D eigenvalue weighted by Gasteiger charge is 2.26. The molecule has 0 radical (unpaired) electrons. The number of aliphatic imine (C=N–C) groups is 3. The van der Waals surface area contributed by atoms with Crippen molar-refractivity contribution in [1.82, 2.24) is 5.32 Å². The monoisotopic (exact) mass is 393 g/mol. The molecule has 0 spiro atoms. The average molecular weight is 394 g/mol. The van der Waals surface area contributed by atoms with Gasteiger partial charge in [-0.2, -0.15) is 0 Å². The summed E-state index contributed by atoms with van der Waals surface area (Å²) in [5.74, 6) is 0.399. The molecule has 0 aromatic rings. The lowest BCUT2D eigenvalue weighted by atomic mass is 9.93. The van der Waals surface area contributed by atoms with Gasteiger partial charge in [0.2, 0.25) is 0 Å². The molecule has 0 aromatic carbocycles. The maximum atomic E-state index is 7.89. The SMILES string of the molecule is C=C1C(C)=NC=C(/C(C=N)=C/N=C/C=C\C)C1=NC(NC1CCCC1)C(C)CC. The summed E-state index contributed by atoms with van der Waals surface area (Å²) >= 11 is 0. The average Bonchev–Trinajstić information content (AvgIpc) is 3.24. The lowest BCUT2D eigenvalue weighted by Gasteiger charge is -2.27. The van der Waals surface area contributed by atoms with Gasteiger partial charge in [0.05, 0.1) is 5.71 Å². The van der Waals surface area contributed by atoms with Gasteiger partial charge in [0, 0.05) is 53.3 Å². The van der Waals surface area contributed by atoms with Crippen molar-refractivity contribution in [1.29, 1.82) is 5.41 Å². The van der Waals surface area contributed by atoms with Crippen LogP contribution in [0.1, 0.15) is 59.8 Å². The van der Waals surface area contributed by atoms with Crippen LogP contribution in [-0.2, 0) is 0 Å². The first-order chi connectivity index (χ1) is 14.0. The van der Waals surface area contributed by atoms with E-state index in [4.69, 9.17) is 10.4 Å². The van der Waals surface area contributed by atoms with Crippen molar-refractivity contribution >= 4 is 23.9 Å². The van der Waals surface area contributed by atoms with Gasteiger partial charge in [-0.15, -0.1) is 0 Å². The Hall–Kier alpha value is -2.40. The zero-order valence-electron chi connectivity index (χ0n) is 18.3. The Morgan fingerprint density at radius 2 is 2.14 bits per heavy atom. The lowest BCUT2D eigenvalue weighted by molar-refractivity contribution is 0.338. The zero-order chi connectivity index (χ0) is 21.2. The molecule has 2 unspecified atom stereocenters. The van der Waals surface area contributed by atoms with E-state index in [1.807, 2.05) is 26.0 Å². The number of hydrogen-bond donors (Lipinski definition) is 2. The Labute approximate surface area is 175 Å². The highest BCUT2D eigenvalue weighted by atomic mass is 15.1. The summed E-state index contributed by atoms with van der Waals surface area (Å²) in [5, 5.41) is 11.7. The Morgan fingerprint density at radius 3 is 2.76 bits per heavy atom.